The van der Waals surface area contributed by atoms with Crippen molar-refractivity contribution in [1.29, 1.82) is 0 Å². The molecule has 0 radical (unpaired) electrons. The van der Waals surface area contributed by atoms with Crippen LogP contribution < -0.4 is 0 Å². The van der Waals surface area contributed by atoms with E-state index in [4.69, 9.17) is 9.47 Å². The average Bonchev–Trinajstić information content (AvgIpc) is 3.21. The van der Waals surface area contributed by atoms with Crippen LogP contribution in [0.25, 0.3) is 0 Å². The molecule has 7 rings (SSSR count). The van der Waals surface area contributed by atoms with Crippen LogP contribution in [-0.2, 0) is 14.3 Å². The smallest absolute Gasteiger partial charge is 0.309 e. The van der Waals surface area contributed by atoms with Gasteiger partial charge >= 0.3 is 5.97 Å². The molecule has 0 unspecified atom stereocenters. The van der Waals surface area contributed by atoms with E-state index in [1.165, 1.54) is 0 Å². The molecule has 3 saturated heterocycles. The first-order chi connectivity index (χ1) is 19.6. The molecule has 10 nitrogen and oxygen atoms in total. The number of esters is 1. The van der Waals surface area contributed by atoms with E-state index in [-0.39, 0.29) is 24.8 Å². The minimum Gasteiger partial charge on any atom is -0.456 e. The van der Waals surface area contributed by atoms with E-state index < -0.39 is 88.0 Å². The monoisotopic (exact) mass is 593 g/mol. The topological polar surface area (TPSA) is 160 Å². The van der Waals surface area contributed by atoms with Gasteiger partial charge in [-0.05, 0) is 69.6 Å². The first kappa shape index (κ1) is 29.8. The van der Waals surface area contributed by atoms with Crippen LogP contribution in [0.5, 0.6) is 0 Å². The second-order valence-corrected chi connectivity index (χ2v) is 16.0. The molecule has 238 valence electrons. The molecule has 7 fully saturated rings. The van der Waals surface area contributed by atoms with E-state index in [1.54, 1.807) is 13.8 Å². The maximum Gasteiger partial charge on any atom is 0.309 e. The molecule has 0 aromatic rings. The lowest BCUT2D eigenvalue weighted by molar-refractivity contribution is -0.299. The Morgan fingerprint density at radius 1 is 1.10 bits per heavy atom. The molecular formula is C32H51NO9. The van der Waals surface area contributed by atoms with Crippen molar-refractivity contribution < 1.29 is 44.9 Å². The van der Waals surface area contributed by atoms with Gasteiger partial charge in [-0.3, -0.25) is 9.69 Å². The number of rotatable bonds is 3. The lowest BCUT2D eigenvalue weighted by Crippen LogP contribution is -2.77. The Labute approximate surface area is 248 Å². The Balaban J connectivity index is 1.39. The van der Waals surface area contributed by atoms with Crippen molar-refractivity contribution in [2.75, 3.05) is 13.1 Å². The zero-order valence-electron chi connectivity index (χ0n) is 25.6. The molecule has 10 heteroatoms. The van der Waals surface area contributed by atoms with Gasteiger partial charge < -0.3 is 40.1 Å². The zero-order chi connectivity index (χ0) is 30.4. The zero-order valence-corrected chi connectivity index (χ0v) is 25.6. The largest absolute Gasteiger partial charge is 0.456 e. The summed E-state index contributed by atoms with van der Waals surface area (Å²) < 4.78 is 12.8. The summed E-state index contributed by atoms with van der Waals surface area (Å²) in [4.78, 5) is 15.7. The van der Waals surface area contributed by atoms with Crippen LogP contribution in [-0.4, -0.2) is 108 Å². The minimum atomic E-state index is -1.87. The number of ether oxygens (including phenoxy) is 2. The standard InChI is InChI=1S/C32H51NO9/c1-6-16(3)27(37)41-26-24(36)23-17(14-33-13-15(2)7-8-21(33)29(23,5)38)18-12-30-25(31(18,26)39)19(34)11-20-28(30,4)10-9-22(35)32(20,40)42-30/h15-26,34-36,38-40H,6-14H2,1-5H3/t15-,16+,17-,18-,19+,20-,21-,22-,23+,24+,25+,26-,28-,29+,30+,31-,32+/m0/s1. The Bertz CT molecular complexity index is 1140. The molecule has 4 aliphatic carbocycles. The van der Waals surface area contributed by atoms with Gasteiger partial charge in [0.1, 0.15) is 11.7 Å². The predicted molar refractivity (Wildman–Crippen MR) is 149 cm³/mol. The number of carbonyl (C=O) groups is 1. The van der Waals surface area contributed by atoms with Crippen molar-refractivity contribution in [2.24, 2.45) is 46.8 Å². The van der Waals surface area contributed by atoms with Crippen molar-refractivity contribution in [2.45, 2.75) is 133 Å². The van der Waals surface area contributed by atoms with Crippen LogP contribution in [0, 0.1) is 46.8 Å². The van der Waals surface area contributed by atoms with Crippen LogP contribution in [0.2, 0.25) is 0 Å². The lowest BCUT2D eigenvalue weighted by Gasteiger charge is -2.64. The quantitative estimate of drug-likeness (QED) is 0.258. The molecule has 1 spiro atoms. The SMILES string of the molecule is CC[C@@H](C)C(=O)O[C@H]1[C@H](O)[C@H]2[C@@H](CN3C[C@@H](C)CC[C@H]3[C@@]2(C)O)[C@@H]2C[C@@]34O[C@]5(O)[C@@H](C[C@@H](O)[C@H]3[C@@]21O)[C@]4(C)CC[C@@H]5O. The average molecular weight is 594 g/mol. The highest BCUT2D eigenvalue weighted by Crippen LogP contribution is 2.77. The molecule has 3 heterocycles. The van der Waals surface area contributed by atoms with E-state index in [1.807, 2.05) is 13.8 Å². The van der Waals surface area contributed by atoms with Gasteiger partial charge in [0.2, 0.25) is 0 Å². The van der Waals surface area contributed by atoms with E-state index in [0.29, 0.717) is 31.7 Å². The van der Waals surface area contributed by atoms with E-state index >= 15 is 0 Å². The molecule has 7 aliphatic rings. The fourth-order valence-electron chi connectivity index (χ4n) is 11.9. The number of piperidine rings is 2. The lowest BCUT2D eigenvalue weighted by atomic mass is 9.49. The molecule has 6 N–H and O–H groups in total. The summed E-state index contributed by atoms with van der Waals surface area (Å²) >= 11 is 0. The Morgan fingerprint density at radius 2 is 1.81 bits per heavy atom. The third-order valence-electron chi connectivity index (χ3n) is 14.1. The van der Waals surface area contributed by atoms with Crippen LogP contribution in [0.3, 0.4) is 0 Å². The van der Waals surface area contributed by atoms with Gasteiger partial charge in [0, 0.05) is 42.3 Å². The fraction of sp³-hybridized carbons (Fsp3) is 0.969. The summed E-state index contributed by atoms with van der Waals surface area (Å²) in [6.45, 7) is 11.0. The fourth-order valence-corrected chi connectivity index (χ4v) is 11.9. The molecule has 3 aliphatic heterocycles. The summed E-state index contributed by atoms with van der Waals surface area (Å²) in [7, 11) is 0. The maximum absolute atomic E-state index is 13.4. The number of hydrogen-bond acceptors (Lipinski definition) is 10. The highest BCUT2D eigenvalue weighted by atomic mass is 16.7. The first-order valence-electron chi connectivity index (χ1n) is 16.4. The number of fused-ring (bicyclic) bond motifs is 5. The third-order valence-corrected chi connectivity index (χ3v) is 14.1. The van der Waals surface area contributed by atoms with E-state index in [2.05, 4.69) is 11.8 Å². The van der Waals surface area contributed by atoms with Crippen LogP contribution in [0.4, 0.5) is 0 Å². The molecular weight excluding hydrogens is 542 g/mol. The van der Waals surface area contributed by atoms with Gasteiger partial charge in [-0.15, -0.1) is 0 Å². The van der Waals surface area contributed by atoms with Crippen molar-refractivity contribution in [1.82, 2.24) is 4.90 Å². The number of hydrogen-bond donors (Lipinski definition) is 6. The summed E-state index contributed by atoms with van der Waals surface area (Å²) in [6.07, 6.45) is -1.47. The van der Waals surface area contributed by atoms with E-state index in [9.17, 15) is 35.4 Å². The predicted octanol–water partition coefficient (Wildman–Crippen LogP) is 0.783. The van der Waals surface area contributed by atoms with Crippen LogP contribution in [0.15, 0.2) is 0 Å². The van der Waals surface area contributed by atoms with Crippen molar-refractivity contribution >= 4 is 5.97 Å². The maximum atomic E-state index is 13.4. The summed E-state index contributed by atoms with van der Waals surface area (Å²) in [5, 5.41) is 72.3. The number of aliphatic hydroxyl groups is 6. The van der Waals surface area contributed by atoms with Crippen LogP contribution >= 0.6 is 0 Å². The second-order valence-electron chi connectivity index (χ2n) is 16.0. The molecule has 0 amide bonds. The van der Waals surface area contributed by atoms with Crippen molar-refractivity contribution in [3.63, 3.8) is 0 Å². The highest BCUT2D eigenvalue weighted by Gasteiger charge is 2.86. The Kier molecular flexibility index (Phi) is 6.48. The van der Waals surface area contributed by atoms with E-state index in [0.717, 1.165) is 19.4 Å². The molecule has 4 saturated carbocycles. The first-order valence-corrected chi connectivity index (χ1v) is 16.4. The van der Waals surface area contributed by atoms with Gasteiger partial charge in [-0.2, -0.15) is 0 Å². The number of aliphatic hydroxyl groups excluding tert-OH is 3. The Morgan fingerprint density at radius 3 is 2.50 bits per heavy atom. The molecule has 4 bridgehead atoms. The van der Waals surface area contributed by atoms with Gasteiger partial charge in [-0.25, -0.2) is 0 Å². The highest BCUT2D eigenvalue weighted by molar-refractivity contribution is 5.72. The molecule has 0 aromatic carbocycles. The van der Waals surface area contributed by atoms with Gasteiger partial charge in [0.05, 0.1) is 29.3 Å². The van der Waals surface area contributed by atoms with Gasteiger partial charge in [-0.1, -0.05) is 27.7 Å². The Hall–Kier alpha value is -0.850. The van der Waals surface area contributed by atoms with Crippen molar-refractivity contribution in [3.8, 4) is 0 Å². The summed E-state index contributed by atoms with van der Waals surface area (Å²) in [5.74, 6) is -5.58. The van der Waals surface area contributed by atoms with Gasteiger partial charge in [0.25, 0.3) is 0 Å². The molecule has 0 aromatic heterocycles. The van der Waals surface area contributed by atoms with Crippen molar-refractivity contribution in [3.05, 3.63) is 0 Å². The second kappa shape index (κ2) is 9.12. The normalized spacial score (nSPS) is 60.6. The number of carbonyl (C=O) groups excluding carboxylic acids is 1. The molecule has 42 heavy (non-hydrogen) atoms. The van der Waals surface area contributed by atoms with Crippen LogP contribution in [0.1, 0.15) is 79.6 Å². The molecule has 17 atom stereocenters. The third kappa shape index (κ3) is 3.36. The summed E-state index contributed by atoms with van der Waals surface area (Å²) in [5.41, 5.74) is -5.07. The summed E-state index contributed by atoms with van der Waals surface area (Å²) in [6, 6.07) is -0.172. The minimum absolute atomic E-state index is 0.116. The van der Waals surface area contributed by atoms with Gasteiger partial charge in [0.15, 0.2) is 11.9 Å². The number of nitrogens with zero attached hydrogens (tertiary/aromatic N) is 1.